The maximum Gasteiger partial charge on any atom is 0.239 e. The quantitative estimate of drug-likeness (QED) is 0.138. The minimum Gasteiger partial charge on any atom is -0.379 e. The molecule has 0 fully saturated rings. The molecule has 0 spiro atoms. The van der Waals surface area contributed by atoms with Gasteiger partial charge >= 0.3 is 0 Å². The van der Waals surface area contributed by atoms with Gasteiger partial charge in [-0.2, -0.15) is 0 Å². The van der Waals surface area contributed by atoms with Crippen LogP contribution in [-0.2, 0) is 44.7 Å². The zero-order valence-electron chi connectivity index (χ0n) is 26.4. The molecular weight excluding hydrogens is 592 g/mol. The van der Waals surface area contributed by atoms with Crippen LogP contribution in [0.5, 0.6) is 0 Å². The summed E-state index contributed by atoms with van der Waals surface area (Å²) in [6.07, 6.45) is 0.329. The van der Waals surface area contributed by atoms with Gasteiger partial charge in [-0.25, -0.2) is 0 Å². The maximum absolute atomic E-state index is 13.2. The highest BCUT2D eigenvalue weighted by Gasteiger charge is 2.21. The summed E-state index contributed by atoms with van der Waals surface area (Å²) in [5, 5.41) is 7.92. The van der Waals surface area contributed by atoms with Crippen LogP contribution in [0.25, 0.3) is 0 Å². The van der Waals surface area contributed by atoms with Gasteiger partial charge in [0.25, 0.3) is 0 Å². The third-order valence-corrected chi connectivity index (χ3v) is 6.72. The van der Waals surface area contributed by atoms with Crippen LogP contribution in [0.4, 0.5) is 5.69 Å². The molecule has 46 heavy (non-hydrogen) atoms. The van der Waals surface area contributed by atoms with Crippen LogP contribution in [-0.4, -0.2) is 96.1 Å². The van der Waals surface area contributed by atoms with Gasteiger partial charge in [0.2, 0.25) is 23.6 Å². The molecule has 0 aromatic heterocycles. The van der Waals surface area contributed by atoms with Crippen molar-refractivity contribution in [3.05, 3.63) is 65.2 Å². The number of anilines is 1. The Labute approximate surface area is 270 Å². The number of carbonyl (C=O) groups excluding carboxylic acids is 4. The lowest BCUT2D eigenvalue weighted by molar-refractivity contribution is -0.126. The van der Waals surface area contributed by atoms with Gasteiger partial charge in [0.05, 0.1) is 71.6 Å². The minimum absolute atomic E-state index is 0.0378. The summed E-state index contributed by atoms with van der Waals surface area (Å²) in [6.45, 7) is 5.88. The van der Waals surface area contributed by atoms with Gasteiger partial charge in [-0.3, -0.25) is 19.2 Å². The maximum atomic E-state index is 13.2. The van der Waals surface area contributed by atoms with Crippen molar-refractivity contribution in [1.29, 1.82) is 0 Å². The molecule has 1 aliphatic rings. The Morgan fingerprint density at radius 2 is 1.24 bits per heavy atom. The van der Waals surface area contributed by atoms with Gasteiger partial charge in [-0.1, -0.05) is 42.2 Å². The predicted octanol–water partition coefficient (Wildman–Crippen LogP) is 1.54. The van der Waals surface area contributed by atoms with Crippen LogP contribution in [0.2, 0.25) is 0 Å². The molecule has 0 aliphatic carbocycles. The number of nitrogens with one attached hydrogen (secondary N) is 3. The molecule has 2 aromatic carbocycles. The Morgan fingerprint density at radius 1 is 0.652 bits per heavy atom. The molecule has 0 unspecified atom stereocenters. The van der Waals surface area contributed by atoms with Gasteiger partial charge in [0, 0.05) is 43.5 Å². The molecule has 0 saturated heterocycles. The number of benzene rings is 2. The fourth-order valence-electron chi connectivity index (χ4n) is 4.37. The summed E-state index contributed by atoms with van der Waals surface area (Å²) in [6, 6.07) is 15.3. The van der Waals surface area contributed by atoms with E-state index in [1.165, 1.54) is 0 Å². The van der Waals surface area contributed by atoms with Crippen molar-refractivity contribution >= 4 is 29.3 Å². The number of hydrogen-bond donors (Lipinski definition) is 3. The minimum atomic E-state index is -0.245. The highest BCUT2D eigenvalue weighted by molar-refractivity contribution is 5.97. The predicted molar refractivity (Wildman–Crippen MR) is 172 cm³/mol. The second kappa shape index (κ2) is 21.5. The van der Waals surface area contributed by atoms with E-state index in [-0.39, 0.29) is 56.0 Å². The zero-order chi connectivity index (χ0) is 32.8. The smallest absolute Gasteiger partial charge is 0.239 e. The van der Waals surface area contributed by atoms with Crippen LogP contribution in [0, 0.1) is 11.8 Å². The van der Waals surface area contributed by atoms with E-state index in [0.29, 0.717) is 65.9 Å². The first-order chi connectivity index (χ1) is 22.5. The van der Waals surface area contributed by atoms with Gasteiger partial charge < -0.3 is 39.8 Å². The average Bonchev–Trinajstić information content (AvgIpc) is 3.05. The molecule has 12 heteroatoms. The zero-order valence-corrected chi connectivity index (χ0v) is 26.4. The summed E-state index contributed by atoms with van der Waals surface area (Å²) in [5.41, 5.74) is 3.38. The van der Waals surface area contributed by atoms with Crippen LogP contribution < -0.4 is 20.9 Å². The van der Waals surface area contributed by atoms with Gasteiger partial charge in [-0.15, -0.1) is 0 Å². The number of likely N-dealkylation sites (N-methyl/N-ethyl adjacent to an activating group) is 1. The number of para-hydroxylation sites is 1. The molecule has 0 atom stereocenters. The number of hydrogen-bond acceptors (Lipinski definition) is 8. The van der Waals surface area contributed by atoms with Crippen LogP contribution in [0.3, 0.4) is 0 Å². The molecule has 248 valence electrons. The standard InChI is InChI=1S/C34H44N4O8/c1-2-35-33(41)25-37-32(40)15-17-43-19-21-45-23-24-46-22-20-44-18-16-36-31(39)13-14-34(42)38-26-29-9-4-3-7-27(29)11-12-28-8-5-6-10-30(28)38/h3-10H,2,13-26H2,1H3,(H,35,41)(H,36,39)(H,37,40). The van der Waals surface area contributed by atoms with E-state index < -0.39 is 0 Å². The monoisotopic (exact) mass is 636 g/mol. The van der Waals surface area contributed by atoms with Crippen molar-refractivity contribution in [2.24, 2.45) is 0 Å². The van der Waals surface area contributed by atoms with Crippen molar-refractivity contribution in [1.82, 2.24) is 16.0 Å². The lowest BCUT2D eigenvalue weighted by Gasteiger charge is -2.26. The number of ether oxygens (including phenoxy) is 4. The molecule has 3 rings (SSSR count). The van der Waals surface area contributed by atoms with Crippen molar-refractivity contribution in [3.63, 3.8) is 0 Å². The van der Waals surface area contributed by atoms with E-state index in [2.05, 4.69) is 27.8 Å². The van der Waals surface area contributed by atoms with Gasteiger partial charge in [0.15, 0.2) is 0 Å². The molecule has 4 amide bonds. The van der Waals surface area contributed by atoms with Crippen LogP contribution >= 0.6 is 0 Å². The molecule has 2 aromatic rings. The highest BCUT2D eigenvalue weighted by atomic mass is 16.6. The van der Waals surface area contributed by atoms with Crippen LogP contribution in [0.15, 0.2) is 48.5 Å². The Balaban J connectivity index is 1.16. The highest BCUT2D eigenvalue weighted by Crippen LogP contribution is 2.26. The molecule has 1 aliphatic heterocycles. The lowest BCUT2D eigenvalue weighted by atomic mass is 10.0. The van der Waals surface area contributed by atoms with E-state index in [9.17, 15) is 19.2 Å². The van der Waals surface area contributed by atoms with E-state index in [1.807, 2.05) is 55.5 Å². The number of rotatable bonds is 21. The normalized spacial score (nSPS) is 11.6. The van der Waals surface area contributed by atoms with E-state index in [4.69, 9.17) is 18.9 Å². The van der Waals surface area contributed by atoms with Crippen LogP contribution in [0.1, 0.15) is 42.9 Å². The SMILES string of the molecule is CCNC(=O)CNC(=O)CCOCCOCCOCCOCCNC(=O)CCC(=O)N1Cc2ccccc2C#Cc2ccccc21. The summed E-state index contributed by atoms with van der Waals surface area (Å²) in [4.78, 5) is 50.2. The van der Waals surface area contributed by atoms with E-state index in [0.717, 1.165) is 22.4 Å². The third-order valence-electron chi connectivity index (χ3n) is 6.72. The topological polar surface area (TPSA) is 145 Å². The number of nitrogens with zero attached hydrogens (tertiary/aromatic N) is 1. The fourth-order valence-corrected chi connectivity index (χ4v) is 4.37. The number of carbonyl (C=O) groups is 4. The summed E-state index contributed by atoms with van der Waals surface area (Å²) in [7, 11) is 0. The third kappa shape index (κ3) is 13.8. The largest absolute Gasteiger partial charge is 0.379 e. The molecule has 12 nitrogen and oxygen atoms in total. The number of fused-ring (bicyclic) bond motifs is 2. The fraction of sp³-hybridized carbons (Fsp3) is 0.471. The first-order valence-corrected chi connectivity index (χ1v) is 15.6. The first kappa shape index (κ1) is 36.2. The Bertz CT molecular complexity index is 1340. The molecular formula is C34H44N4O8. The van der Waals surface area contributed by atoms with Gasteiger partial charge in [0.1, 0.15) is 0 Å². The van der Waals surface area contributed by atoms with Crippen molar-refractivity contribution < 1.29 is 38.1 Å². The number of amides is 4. The second-order valence-electron chi connectivity index (χ2n) is 10.2. The summed E-state index contributed by atoms with van der Waals surface area (Å²) < 4.78 is 21.7. The summed E-state index contributed by atoms with van der Waals surface area (Å²) >= 11 is 0. The Kier molecular flexibility index (Phi) is 16.9. The van der Waals surface area contributed by atoms with Crippen molar-refractivity contribution in [2.45, 2.75) is 32.7 Å². The second-order valence-corrected chi connectivity index (χ2v) is 10.2. The Hall–Kier alpha value is -4.28. The molecule has 1 heterocycles. The molecule has 0 bridgehead atoms. The summed E-state index contributed by atoms with van der Waals surface area (Å²) in [5.74, 6) is 5.56. The van der Waals surface area contributed by atoms with Crippen molar-refractivity contribution in [3.8, 4) is 11.8 Å². The lowest BCUT2D eigenvalue weighted by Crippen LogP contribution is -2.37. The Morgan fingerprint density at radius 3 is 1.96 bits per heavy atom. The molecule has 0 radical (unpaired) electrons. The van der Waals surface area contributed by atoms with Crippen molar-refractivity contribution in [2.75, 3.05) is 77.4 Å². The van der Waals surface area contributed by atoms with E-state index >= 15 is 0 Å². The van der Waals surface area contributed by atoms with Gasteiger partial charge in [-0.05, 0) is 30.7 Å². The first-order valence-electron chi connectivity index (χ1n) is 15.6. The molecule has 3 N–H and O–H groups in total. The van der Waals surface area contributed by atoms with E-state index in [1.54, 1.807) is 4.90 Å². The molecule has 0 saturated carbocycles. The average molecular weight is 637 g/mol.